The van der Waals surface area contributed by atoms with Crippen LogP contribution in [0, 0.1) is 17.6 Å². The molecular weight excluding hydrogens is 438 g/mol. The van der Waals surface area contributed by atoms with Gasteiger partial charge in [-0.1, -0.05) is 43.6 Å². The van der Waals surface area contributed by atoms with E-state index in [1.165, 1.54) is 0 Å². The highest BCUT2D eigenvalue weighted by molar-refractivity contribution is 6.30. The first-order valence-electron chi connectivity index (χ1n) is 9.83. The molecule has 0 aromatic heterocycles. The van der Waals surface area contributed by atoms with Gasteiger partial charge in [0.2, 0.25) is 0 Å². The van der Waals surface area contributed by atoms with Gasteiger partial charge in [0, 0.05) is 10.7 Å². The molecule has 0 radical (unpaired) electrons. The Bertz CT molecular complexity index is 1080. The first kappa shape index (κ1) is 23.2. The van der Waals surface area contributed by atoms with E-state index in [0.29, 0.717) is 16.5 Å². The standard InChI is InChI=1S/C24H21ClF2N2O3/c1-14(2)22(15-6-8-16(25)9-7-15)32-18-12-10-17(11-13-18)28-24(31)29-23(30)21-19(26)4-3-5-20(21)27/h3-14,22H,1-2H3,(H2,28,29,30,31). The summed E-state index contributed by atoms with van der Waals surface area (Å²) in [6.45, 7) is 4.07. The molecule has 5 nitrogen and oxygen atoms in total. The molecule has 0 aliphatic heterocycles. The van der Waals surface area contributed by atoms with Crippen molar-refractivity contribution in [3.8, 4) is 5.75 Å². The number of anilines is 1. The number of hydrogen-bond acceptors (Lipinski definition) is 3. The van der Waals surface area contributed by atoms with Crippen molar-refractivity contribution in [2.45, 2.75) is 20.0 Å². The number of hydrogen-bond donors (Lipinski definition) is 2. The van der Waals surface area contributed by atoms with Gasteiger partial charge in [0.15, 0.2) is 0 Å². The molecule has 3 aromatic rings. The largest absolute Gasteiger partial charge is 0.485 e. The summed E-state index contributed by atoms with van der Waals surface area (Å²) in [7, 11) is 0. The van der Waals surface area contributed by atoms with Gasteiger partial charge in [-0.25, -0.2) is 13.6 Å². The minimum Gasteiger partial charge on any atom is -0.485 e. The third-order valence-electron chi connectivity index (χ3n) is 4.60. The fourth-order valence-electron chi connectivity index (χ4n) is 3.05. The van der Waals surface area contributed by atoms with Crippen molar-refractivity contribution in [1.82, 2.24) is 5.32 Å². The Morgan fingerprint density at radius 2 is 1.50 bits per heavy atom. The molecule has 1 unspecified atom stereocenters. The Labute approximate surface area is 189 Å². The number of imide groups is 1. The molecule has 8 heteroatoms. The maximum Gasteiger partial charge on any atom is 0.326 e. The van der Waals surface area contributed by atoms with Crippen molar-refractivity contribution >= 4 is 29.2 Å². The lowest BCUT2D eigenvalue weighted by atomic mass is 9.99. The van der Waals surface area contributed by atoms with E-state index >= 15 is 0 Å². The summed E-state index contributed by atoms with van der Waals surface area (Å²) in [6.07, 6.45) is -0.206. The number of halogens is 3. The Kier molecular flexibility index (Phi) is 7.43. The number of benzene rings is 3. The van der Waals surface area contributed by atoms with Crippen molar-refractivity contribution in [2.24, 2.45) is 5.92 Å². The van der Waals surface area contributed by atoms with E-state index in [9.17, 15) is 18.4 Å². The number of nitrogens with one attached hydrogen (secondary N) is 2. The summed E-state index contributed by atoms with van der Waals surface area (Å²) in [5, 5.41) is 4.98. The van der Waals surface area contributed by atoms with Gasteiger partial charge in [-0.2, -0.15) is 0 Å². The van der Waals surface area contributed by atoms with Crippen molar-refractivity contribution in [3.05, 3.63) is 94.5 Å². The summed E-state index contributed by atoms with van der Waals surface area (Å²) in [5.41, 5.74) is 0.516. The van der Waals surface area contributed by atoms with Crippen molar-refractivity contribution < 1.29 is 23.1 Å². The van der Waals surface area contributed by atoms with Crippen molar-refractivity contribution in [1.29, 1.82) is 0 Å². The highest BCUT2D eigenvalue weighted by Crippen LogP contribution is 2.29. The Balaban J connectivity index is 1.63. The average molecular weight is 459 g/mol. The molecule has 0 fully saturated rings. The average Bonchev–Trinajstić information content (AvgIpc) is 2.73. The van der Waals surface area contributed by atoms with Gasteiger partial charge < -0.3 is 10.1 Å². The van der Waals surface area contributed by atoms with Gasteiger partial charge in [0.25, 0.3) is 5.91 Å². The molecule has 0 heterocycles. The summed E-state index contributed by atoms with van der Waals surface area (Å²) >= 11 is 5.96. The quantitative estimate of drug-likeness (QED) is 0.452. The lowest BCUT2D eigenvalue weighted by molar-refractivity contribution is 0.0959. The highest BCUT2D eigenvalue weighted by Gasteiger charge is 2.20. The molecule has 0 bridgehead atoms. The van der Waals surface area contributed by atoms with Crippen molar-refractivity contribution in [3.63, 3.8) is 0 Å². The number of urea groups is 1. The SMILES string of the molecule is CC(C)C(Oc1ccc(NC(=O)NC(=O)c2c(F)cccc2F)cc1)c1ccc(Cl)cc1. The number of carbonyl (C=O) groups is 2. The van der Waals surface area contributed by atoms with E-state index in [1.807, 2.05) is 31.3 Å². The zero-order valence-electron chi connectivity index (χ0n) is 17.4. The molecule has 0 aliphatic rings. The maximum absolute atomic E-state index is 13.7. The minimum atomic E-state index is -1.18. The topological polar surface area (TPSA) is 67.4 Å². The molecule has 3 amide bonds. The van der Waals surface area contributed by atoms with Crippen LogP contribution in [-0.4, -0.2) is 11.9 Å². The number of rotatable bonds is 6. The molecule has 2 N–H and O–H groups in total. The minimum absolute atomic E-state index is 0.185. The van der Waals surface area contributed by atoms with Gasteiger partial charge in [-0.15, -0.1) is 0 Å². The second-order valence-corrected chi connectivity index (χ2v) is 7.80. The van der Waals surface area contributed by atoms with Crippen LogP contribution in [0.15, 0.2) is 66.7 Å². The second-order valence-electron chi connectivity index (χ2n) is 7.36. The normalized spacial score (nSPS) is 11.7. The fraction of sp³-hybridized carbons (Fsp3) is 0.167. The third-order valence-corrected chi connectivity index (χ3v) is 4.85. The molecule has 3 aromatic carbocycles. The first-order chi connectivity index (χ1) is 15.2. The van der Waals surface area contributed by atoms with Crippen LogP contribution in [0.1, 0.15) is 35.9 Å². The Morgan fingerprint density at radius 1 is 0.906 bits per heavy atom. The molecule has 0 aliphatic carbocycles. The van der Waals surface area contributed by atoms with Crippen LogP contribution in [0.5, 0.6) is 5.75 Å². The Hall–Kier alpha value is -3.45. The summed E-state index contributed by atoms with van der Waals surface area (Å²) in [6, 6.07) is 16.0. The van der Waals surface area contributed by atoms with E-state index in [-0.39, 0.29) is 12.0 Å². The van der Waals surface area contributed by atoms with Crippen LogP contribution >= 0.6 is 11.6 Å². The predicted octanol–water partition coefficient (Wildman–Crippen LogP) is 6.36. The lowest BCUT2D eigenvalue weighted by Crippen LogP contribution is -2.35. The van der Waals surface area contributed by atoms with E-state index in [0.717, 1.165) is 23.8 Å². The van der Waals surface area contributed by atoms with E-state index in [1.54, 1.807) is 36.4 Å². The molecular formula is C24H21ClF2N2O3. The molecule has 3 rings (SSSR count). The van der Waals surface area contributed by atoms with E-state index in [2.05, 4.69) is 5.32 Å². The van der Waals surface area contributed by atoms with Gasteiger partial charge in [-0.05, 0) is 60.0 Å². The molecule has 1 atom stereocenters. The molecule has 166 valence electrons. The van der Waals surface area contributed by atoms with Crippen LogP contribution in [0.2, 0.25) is 5.02 Å². The summed E-state index contributed by atoms with van der Waals surface area (Å²) in [5.74, 6) is -2.53. The van der Waals surface area contributed by atoms with Crippen molar-refractivity contribution in [2.75, 3.05) is 5.32 Å². The van der Waals surface area contributed by atoms with Crippen LogP contribution in [-0.2, 0) is 0 Å². The van der Waals surface area contributed by atoms with E-state index in [4.69, 9.17) is 16.3 Å². The third kappa shape index (κ3) is 5.82. The zero-order valence-corrected chi connectivity index (χ0v) is 18.1. The fourth-order valence-corrected chi connectivity index (χ4v) is 3.17. The van der Waals surface area contributed by atoms with E-state index < -0.39 is 29.1 Å². The van der Waals surface area contributed by atoms with Crippen LogP contribution in [0.4, 0.5) is 19.3 Å². The molecule has 0 saturated carbocycles. The zero-order chi connectivity index (χ0) is 23.3. The smallest absolute Gasteiger partial charge is 0.326 e. The monoisotopic (exact) mass is 458 g/mol. The van der Waals surface area contributed by atoms with Gasteiger partial charge in [0.1, 0.15) is 29.1 Å². The van der Waals surface area contributed by atoms with Crippen LogP contribution in [0.25, 0.3) is 0 Å². The van der Waals surface area contributed by atoms with Crippen LogP contribution < -0.4 is 15.4 Å². The first-order valence-corrected chi connectivity index (χ1v) is 10.2. The molecule has 0 spiro atoms. The summed E-state index contributed by atoms with van der Waals surface area (Å²) in [4.78, 5) is 24.1. The molecule has 32 heavy (non-hydrogen) atoms. The number of carbonyl (C=O) groups excluding carboxylic acids is 2. The Morgan fingerprint density at radius 3 is 2.06 bits per heavy atom. The molecule has 0 saturated heterocycles. The van der Waals surface area contributed by atoms with Crippen LogP contribution in [0.3, 0.4) is 0 Å². The van der Waals surface area contributed by atoms with Gasteiger partial charge >= 0.3 is 6.03 Å². The maximum atomic E-state index is 13.7. The number of amides is 3. The second kappa shape index (κ2) is 10.2. The predicted molar refractivity (Wildman–Crippen MR) is 119 cm³/mol. The highest BCUT2D eigenvalue weighted by atomic mass is 35.5. The lowest BCUT2D eigenvalue weighted by Gasteiger charge is -2.23. The van der Waals surface area contributed by atoms with Gasteiger partial charge in [0.05, 0.1) is 0 Å². The number of ether oxygens (including phenoxy) is 1. The summed E-state index contributed by atoms with van der Waals surface area (Å²) < 4.78 is 33.4. The van der Waals surface area contributed by atoms with Gasteiger partial charge in [-0.3, -0.25) is 10.1 Å².